The second-order valence-electron chi connectivity index (χ2n) is 17.3. The van der Waals surface area contributed by atoms with Crippen molar-refractivity contribution in [2.24, 2.45) is 28.8 Å². The molecule has 17 nitrogen and oxygen atoms in total. The predicted octanol–water partition coefficient (Wildman–Crippen LogP) is 4.39. The summed E-state index contributed by atoms with van der Waals surface area (Å²) in [5.41, 5.74) is -0.550. The van der Waals surface area contributed by atoms with Crippen molar-refractivity contribution < 1.29 is 58.3 Å². The maximum atomic E-state index is 14.2. The summed E-state index contributed by atoms with van der Waals surface area (Å²) in [4.78, 5) is 69.1. The zero-order valence-electron chi connectivity index (χ0n) is 38.4. The SMILES string of the molecule is CO[C@H]1/C=C/O[C@@]2(C)Oc3c(C)c(O)c4c(c3/C2=N/OCCN2CCN(c3ccccn3)CC2)C(=O)C=C(NC(=O)/C(C)=C\C=C\[C@H](C)[C@H](O)[C@@H](C)[C@@H](O)[C@@H](C)[C@H](OC(C)=O)[C@@H]1C)C4=O. The number of rotatable bonds is 7. The van der Waals surface area contributed by atoms with Gasteiger partial charge in [-0.15, -0.1) is 0 Å². The number of piperazine rings is 1. The molecule has 65 heavy (non-hydrogen) atoms. The van der Waals surface area contributed by atoms with E-state index in [-0.39, 0.29) is 51.6 Å². The Balaban J connectivity index is 1.38. The number of aliphatic hydroxyl groups is 2. The van der Waals surface area contributed by atoms with Gasteiger partial charge in [-0.25, -0.2) is 4.98 Å². The van der Waals surface area contributed by atoms with E-state index in [9.17, 15) is 34.5 Å². The Bertz CT molecular complexity index is 2280. The average Bonchev–Trinajstić information content (AvgIpc) is 3.58. The van der Waals surface area contributed by atoms with Gasteiger partial charge in [-0.1, -0.05) is 57.1 Å². The number of methoxy groups -OCH3 is 1. The van der Waals surface area contributed by atoms with Crippen molar-refractivity contribution in [1.82, 2.24) is 15.2 Å². The number of aromatic nitrogens is 1. The molecule has 1 aromatic heterocycles. The van der Waals surface area contributed by atoms with E-state index in [0.29, 0.717) is 6.54 Å². The zero-order chi connectivity index (χ0) is 47.3. The number of nitrogens with one attached hydrogen (secondary N) is 1. The molecule has 17 heteroatoms. The summed E-state index contributed by atoms with van der Waals surface area (Å²) in [6.45, 7) is 16.5. The topological polar surface area (TPSA) is 219 Å². The number of phenols is 1. The molecule has 9 atom stereocenters. The van der Waals surface area contributed by atoms with Gasteiger partial charge in [0.25, 0.3) is 11.7 Å². The number of anilines is 1. The van der Waals surface area contributed by atoms with Crippen LogP contribution in [-0.4, -0.2) is 131 Å². The van der Waals surface area contributed by atoms with Crippen LogP contribution in [0, 0.1) is 30.6 Å². The van der Waals surface area contributed by atoms with Crippen LogP contribution >= 0.6 is 0 Å². The fraction of sp³-hybridized carbons (Fsp3) is 0.500. The van der Waals surface area contributed by atoms with Gasteiger partial charge in [-0.2, -0.15) is 0 Å². The second-order valence-corrected chi connectivity index (χ2v) is 17.3. The van der Waals surface area contributed by atoms with Crippen molar-refractivity contribution in [3.05, 3.63) is 94.6 Å². The van der Waals surface area contributed by atoms with Crippen LogP contribution < -0.4 is 15.0 Å². The quantitative estimate of drug-likeness (QED) is 0.172. The largest absolute Gasteiger partial charge is 0.507 e. The number of Topliss-reactive ketones (excluding diaryl/α,β-unsaturated/α-hetero) is 1. The maximum Gasteiger partial charge on any atom is 0.302 e. The number of ether oxygens (including phenoxy) is 4. The van der Waals surface area contributed by atoms with Crippen molar-refractivity contribution in [2.45, 2.75) is 85.6 Å². The molecule has 0 unspecified atom stereocenters. The maximum absolute atomic E-state index is 14.2. The number of fused-ring (bicyclic) bond motifs is 14. The number of hydrogen-bond acceptors (Lipinski definition) is 16. The molecule has 2 aromatic rings. The number of aliphatic hydroxyl groups excluding tert-OH is 2. The van der Waals surface area contributed by atoms with Gasteiger partial charge in [0.2, 0.25) is 5.78 Å². The Hall–Kier alpha value is -5.88. The molecule has 4 N–H and O–H groups in total. The highest BCUT2D eigenvalue weighted by atomic mass is 16.7. The van der Waals surface area contributed by atoms with Crippen molar-refractivity contribution >= 4 is 35.0 Å². The number of amides is 1. The molecule has 5 bridgehead atoms. The van der Waals surface area contributed by atoms with E-state index in [1.165, 1.54) is 40.2 Å². The molecule has 4 aliphatic heterocycles. The monoisotopic (exact) mass is 899 g/mol. The number of oxime groups is 1. The van der Waals surface area contributed by atoms with E-state index >= 15 is 0 Å². The number of pyridine rings is 1. The van der Waals surface area contributed by atoms with Crippen molar-refractivity contribution in [2.75, 3.05) is 51.3 Å². The molecule has 0 saturated carbocycles. The lowest BCUT2D eigenvalue weighted by atomic mass is 9.78. The molecule has 5 heterocycles. The summed E-state index contributed by atoms with van der Waals surface area (Å²) >= 11 is 0. The standard InChI is InChI=1S/C48H61N5O12/c1-26-13-12-14-27(2)47(60)50-33-25-34(55)37-38(43(33)59)42(58)31(6)45-39(37)46(51-63-24-22-52-18-20-53(21-19-52)36-15-10-11-17-49-36)48(8,65-45)62-23-16-35(61-9)28(3)44(64-32(7)54)30(5)41(57)29(4)40(26)56/h10-17,23,25-26,28-30,35,40-41,44,56-58H,18-22,24H2,1-9H3,(H,50,60)/b13-12+,23-16+,27-14-,51-46-/t26-,28+,29+,30+,35-,40-,41+,44+,48-/m0/s1. The number of allylic oxidation sites excluding steroid dienone is 4. The van der Waals surface area contributed by atoms with Crippen LogP contribution in [0.3, 0.4) is 0 Å². The number of ketones is 2. The highest BCUT2D eigenvalue weighted by molar-refractivity contribution is 6.31. The molecule has 7 rings (SSSR count). The fourth-order valence-corrected chi connectivity index (χ4v) is 8.78. The molecule has 1 saturated heterocycles. The Kier molecular flexibility index (Phi) is 15.3. The Labute approximate surface area is 379 Å². The molecule has 5 aliphatic rings. The lowest BCUT2D eigenvalue weighted by molar-refractivity contribution is -0.160. The summed E-state index contributed by atoms with van der Waals surface area (Å²) in [5, 5.41) is 41.5. The number of hydrogen-bond donors (Lipinski definition) is 4. The number of nitrogens with zero attached hydrogens (tertiary/aromatic N) is 4. The van der Waals surface area contributed by atoms with Crippen LogP contribution in [0.25, 0.3) is 0 Å². The van der Waals surface area contributed by atoms with Crippen LogP contribution in [-0.2, 0) is 28.6 Å². The van der Waals surface area contributed by atoms with Gasteiger partial charge in [-0.3, -0.25) is 24.1 Å². The number of carbonyl (C=O) groups excluding carboxylic acids is 4. The molecule has 1 aliphatic carbocycles. The van der Waals surface area contributed by atoms with Gasteiger partial charge in [0.1, 0.15) is 30.0 Å². The average molecular weight is 900 g/mol. The molecule has 1 fully saturated rings. The van der Waals surface area contributed by atoms with Crippen LogP contribution in [0.15, 0.2) is 77.5 Å². The summed E-state index contributed by atoms with van der Waals surface area (Å²) in [5.74, 6) is -6.62. The third-order valence-corrected chi connectivity index (χ3v) is 12.8. The second kappa shape index (κ2) is 20.5. The Morgan fingerprint density at radius 1 is 0.985 bits per heavy atom. The number of benzene rings is 1. The first-order valence-electron chi connectivity index (χ1n) is 21.9. The smallest absolute Gasteiger partial charge is 0.302 e. The normalized spacial score (nSPS) is 31.5. The van der Waals surface area contributed by atoms with E-state index in [4.69, 9.17) is 23.8 Å². The van der Waals surface area contributed by atoms with Gasteiger partial charge in [0.05, 0.1) is 47.0 Å². The highest BCUT2D eigenvalue weighted by Gasteiger charge is 2.51. The Morgan fingerprint density at radius 2 is 1.71 bits per heavy atom. The minimum absolute atomic E-state index is 0.00292. The molecule has 1 aromatic carbocycles. The van der Waals surface area contributed by atoms with Crippen LogP contribution in [0.4, 0.5) is 5.82 Å². The first-order chi connectivity index (χ1) is 30.9. The first kappa shape index (κ1) is 48.6. The third kappa shape index (κ3) is 10.3. The molecular weight excluding hydrogens is 839 g/mol. The minimum atomic E-state index is -1.81. The lowest BCUT2D eigenvalue weighted by Gasteiger charge is -2.38. The first-order valence-corrected chi connectivity index (χ1v) is 21.9. The minimum Gasteiger partial charge on any atom is -0.507 e. The van der Waals surface area contributed by atoms with Gasteiger partial charge < -0.3 is 49.3 Å². The highest BCUT2D eigenvalue weighted by Crippen LogP contribution is 2.48. The van der Waals surface area contributed by atoms with Gasteiger partial charge >= 0.3 is 5.97 Å². The van der Waals surface area contributed by atoms with Crippen molar-refractivity contribution in [1.29, 1.82) is 0 Å². The Morgan fingerprint density at radius 3 is 2.37 bits per heavy atom. The van der Waals surface area contributed by atoms with Gasteiger partial charge in [-0.05, 0) is 32.1 Å². The molecular formula is C48H61N5O12. The summed E-state index contributed by atoms with van der Waals surface area (Å²) in [7, 11) is 1.47. The lowest BCUT2D eigenvalue weighted by Crippen LogP contribution is -2.47. The molecule has 0 radical (unpaired) electrons. The van der Waals surface area contributed by atoms with Crippen molar-refractivity contribution in [3.63, 3.8) is 0 Å². The number of aromatic hydroxyl groups is 1. The molecule has 0 spiro atoms. The van der Waals surface area contributed by atoms with Crippen LogP contribution in [0.1, 0.15) is 80.3 Å². The number of phenolic OH excluding ortho intramolecular Hbond substituents is 1. The molecule has 350 valence electrons. The summed E-state index contributed by atoms with van der Waals surface area (Å²) < 4.78 is 24.4. The molecule has 1 amide bonds. The van der Waals surface area contributed by atoms with Gasteiger partial charge in [0.15, 0.2) is 11.5 Å². The number of carbonyl (C=O) groups is 4. The van der Waals surface area contributed by atoms with Gasteiger partial charge in [0, 0.05) is 101 Å². The van der Waals surface area contributed by atoms with E-state index in [0.717, 1.165) is 38.1 Å². The summed E-state index contributed by atoms with van der Waals surface area (Å²) in [6.07, 6.45) is 6.54. The van der Waals surface area contributed by atoms with E-state index in [1.54, 1.807) is 59.0 Å². The predicted molar refractivity (Wildman–Crippen MR) is 240 cm³/mol. The van der Waals surface area contributed by atoms with Crippen LogP contribution in [0.5, 0.6) is 11.5 Å². The van der Waals surface area contributed by atoms with E-state index < -0.39 is 83.1 Å². The van der Waals surface area contributed by atoms with Crippen LogP contribution in [0.2, 0.25) is 0 Å². The fourth-order valence-electron chi connectivity index (χ4n) is 8.78. The van der Waals surface area contributed by atoms with Crippen molar-refractivity contribution in [3.8, 4) is 11.5 Å². The van der Waals surface area contributed by atoms with E-state index in [2.05, 4.69) is 25.3 Å². The number of esters is 1. The zero-order valence-corrected chi connectivity index (χ0v) is 38.4. The third-order valence-electron chi connectivity index (χ3n) is 12.8. The summed E-state index contributed by atoms with van der Waals surface area (Å²) in [6, 6.07) is 5.81. The van der Waals surface area contributed by atoms with E-state index in [1.807, 2.05) is 18.2 Å².